The van der Waals surface area contributed by atoms with Gasteiger partial charge in [-0.2, -0.15) is 5.10 Å². The van der Waals surface area contributed by atoms with Crippen molar-refractivity contribution in [2.45, 2.75) is 0 Å². The summed E-state index contributed by atoms with van der Waals surface area (Å²) in [6.07, 6.45) is 2.57. The summed E-state index contributed by atoms with van der Waals surface area (Å²) in [5.74, 6) is 0. The standard InChI is InChI=1S/C14H9ClN2O/c15-12-5-6-14(11(7-12)9-18)17-13-4-2-1-3-10(13)8-16-17/h1-9H. The fraction of sp³-hybridized carbons (Fsp3) is 0. The predicted molar refractivity (Wildman–Crippen MR) is 71.5 cm³/mol. The fourth-order valence-electron chi connectivity index (χ4n) is 1.98. The maximum absolute atomic E-state index is 11.1. The van der Waals surface area contributed by atoms with E-state index in [-0.39, 0.29) is 0 Å². The Morgan fingerprint density at radius 2 is 2.00 bits per heavy atom. The first-order chi connectivity index (χ1) is 8.79. The summed E-state index contributed by atoms with van der Waals surface area (Å²) in [5, 5.41) is 5.89. The summed E-state index contributed by atoms with van der Waals surface area (Å²) in [6.45, 7) is 0. The molecule has 3 nitrogen and oxygen atoms in total. The first-order valence-electron chi connectivity index (χ1n) is 5.47. The van der Waals surface area contributed by atoms with Gasteiger partial charge in [0.2, 0.25) is 0 Å². The number of fused-ring (bicyclic) bond motifs is 1. The molecular formula is C14H9ClN2O. The van der Waals surface area contributed by atoms with E-state index < -0.39 is 0 Å². The lowest BCUT2D eigenvalue weighted by Crippen LogP contribution is -2.00. The maximum Gasteiger partial charge on any atom is 0.152 e. The third-order valence-electron chi connectivity index (χ3n) is 2.82. The van der Waals surface area contributed by atoms with E-state index >= 15 is 0 Å². The molecule has 1 heterocycles. The van der Waals surface area contributed by atoms with E-state index in [1.807, 2.05) is 24.3 Å². The van der Waals surface area contributed by atoms with Gasteiger partial charge in [0.05, 0.1) is 17.4 Å². The molecule has 0 aliphatic rings. The van der Waals surface area contributed by atoms with Gasteiger partial charge in [0.15, 0.2) is 6.29 Å². The Balaban J connectivity index is 2.29. The summed E-state index contributed by atoms with van der Waals surface area (Å²) in [6, 6.07) is 13.0. The highest BCUT2D eigenvalue weighted by atomic mass is 35.5. The van der Waals surface area contributed by atoms with E-state index in [4.69, 9.17) is 11.6 Å². The topological polar surface area (TPSA) is 34.9 Å². The number of nitrogens with zero attached hydrogens (tertiary/aromatic N) is 2. The molecule has 18 heavy (non-hydrogen) atoms. The number of hydrogen-bond acceptors (Lipinski definition) is 2. The van der Waals surface area contributed by atoms with E-state index in [1.165, 1.54) is 0 Å². The van der Waals surface area contributed by atoms with Gasteiger partial charge in [0.25, 0.3) is 0 Å². The monoisotopic (exact) mass is 256 g/mol. The van der Waals surface area contributed by atoms with Crippen molar-refractivity contribution in [1.82, 2.24) is 9.78 Å². The van der Waals surface area contributed by atoms with Crippen LogP contribution in [0.1, 0.15) is 10.4 Å². The Labute approximate surface area is 109 Å². The van der Waals surface area contributed by atoms with Crippen LogP contribution in [0.5, 0.6) is 0 Å². The van der Waals surface area contributed by atoms with Crippen molar-refractivity contribution in [1.29, 1.82) is 0 Å². The summed E-state index contributed by atoms with van der Waals surface area (Å²) in [7, 11) is 0. The van der Waals surface area contributed by atoms with Gasteiger partial charge in [-0.1, -0.05) is 29.8 Å². The average Bonchev–Trinajstić information content (AvgIpc) is 2.82. The van der Waals surface area contributed by atoms with Gasteiger partial charge < -0.3 is 0 Å². The van der Waals surface area contributed by atoms with E-state index in [0.717, 1.165) is 22.9 Å². The summed E-state index contributed by atoms with van der Waals surface area (Å²) in [4.78, 5) is 11.1. The molecule has 0 bridgehead atoms. The number of carbonyl (C=O) groups excluding carboxylic acids is 1. The van der Waals surface area contributed by atoms with Crippen molar-refractivity contribution in [3.05, 3.63) is 59.2 Å². The van der Waals surface area contributed by atoms with Gasteiger partial charge in [-0.05, 0) is 24.3 Å². The molecule has 3 aromatic rings. The molecule has 3 rings (SSSR count). The Bertz CT molecular complexity index is 733. The van der Waals surface area contributed by atoms with Crippen LogP contribution in [-0.2, 0) is 0 Å². The fourth-order valence-corrected chi connectivity index (χ4v) is 2.16. The first kappa shape index (κ1) is 11.0. The highest BCUT2D eigenvalue weighted by molar-refractivity contribution is 6.30. The van der Waals surface area contributed by atoms with Gasteiger partial charge >= 0.3 is 0 Å². The number of para-hydroxylation sites is 1. The molecule has 4 heteroatoms. The molecule has 0 spiro atoms. The summed E-state index contributed by atoms with van der Waals surface area (Å²) < 4.78 is 1.75. The smallest absolute Gasteiger partial charge is 0.152 e. The van der Waals surface area contributed by atoms with E-state index in [9.17, 15) is 4.79 Å². The number of benzene rings is 2. The Kier molecular flexibility index (Phi) is 2.61. The number of aromatic nitrogens is 2. The SMILES string of the molecule is O=Cc1cc(Cl)ccc1-n1ncc2ccccc21. The molecular weight excluding hydrogens is 248 g/mol. The number of aldehydes is 1. The second-order valence-electron chi connectivity index (χ2n) is 3.94. The van der Waals surface area contributed by atoms with E-state index in [0.29, 0.717) is 10.6 Å². The number of carbonyl (C=O) groups is 1. The molecule has 1 aromatic heterocycles. The molecule has 0 fully saturated rings. The summed E-state index contributed by atoms with van der Waals surface area (Å²) in [5.41, 5.74) is 2.22. The quantitative estimate of drug-likeness (QED) is 0.658. The minimum absolute atomic E-state index is 0.524. The van der Waals surface area contributed by atoms with Crippen LogP contribution in [0.3, 0.4) is 0 Å². The minimum Gasteiger partial charge on any atom is -0.298 e. The summed E-state index contributed by atoms with van der Waals surface area (Å²) >= 11 is 5.89. The van der Waals surface area contributed by atoms with Crippen molar-refractivity contribution in [3.8, 4) is 5.69 Å². The van der Waals surface area contributed by atoms with Gasteiger partial charge in [-0.25, -0.2) is 4.68 Å². The second kappa shape index (κ2) is 4.27. The molecule has 88 valence electrons. The highest BCUT2D eigenvalue weighted by Gasteiger charge is 2.08. The van der Waals surface area contributed by atoms with Crippen LogP contribution in [0.4, 0.5) is 0 Å². The predicted octanol–water partition coefficient (Wildman–Crippen LogP) is 3.49. The van der Waals surface area contributed by atoms with Crippen LogP contribution >= 0.6 is 11.6 Å². The number of halogens is 1. The second-order valence-corrected chi connectivity index (χ2v) is 4.37. The van der Waals surface area contributed by atoms with Crippen molar-refractivity contribution < 1.29 is 4.79 Å². The molecule has 0 saturated carbocycles. The van der Waals surface area contributed by atoms with E-state index in [1.54, 1.807) is 29.1 Å². The molecule has 0 N–H and O–H groups in total. The zero-order valence-electron chi connectivity index (χ0n) is 9.38. The molecule has 0 saturated heterocycles. The molecule has 0 aliphatic carbocycles. The molecule has 0 radical (unpaired) electrons. The number of rotatable bonds is 2. The molecule has 0 atom stereocenters. The zero-order chi connectivity index (χ0) is 12.5. The van der Waals surface area contributed by atoms with Gasteiger partial charge in [0.1, 0.15) is 0 Å². The third-order valence-corrected chi connectivity index (χ3v) is 3.06. The maximum atomic E-state index is 11.1. The van der Waals surface area contributed by atoms with Crippen LogP contribution in [-0.4, -0.2) is 16.1 Å². The normalized spacial score (nSPS) is 10.7. The average molecular weight is 257 g/mol. The van der Waals surface area contributed by atoms with Crippen LogP contribution in [0, 0.1) is 0 Å². The lowest BCUT2D eigenvalue weighted by Gasteiger charge is -2.06. The van der Waals surface area contributed by atoms with Crippen molar-refractivity contribution in [3.63, 3.8) is 0 Å². The first-order valence-corrected chi connectivity index (χ1v) is 5.85. The lowest BCUT2D eigenvalue weighted by molar-refractivity contribution is 0.112. The van der Waals surface area contributed by atoms with Crippen LogP contribution in [0.25, 0.3) is 16.6 Å². The molecule has 0 amide bonds. The van der Waals surface area contributed by atoms with Crippen LogP contribution in [0.2, 0.25) is 5.02 Å². The van der Waals surface area contributed by atoms with Crippen molar-refractivity contribution in [2.75, 3.05) is 0 Å². The Morgan fingerprint density at radius 3 is 2.83 bits per heavy atom. The Hall–Kier alpha value is -2.13. The molecule has 0 aliphatic heterocycles. The third kappa shape index (κ3) is 1.69. The van der Waals surface area contributed by atoms with Crippen molar-refractivity contribution >= 4 is 28.8 Å². The van der Waals surface area contributed by atoms with E-state index in [2.05, 4.69) is 5.10 Å². The van der Waals surface area contributed by atoms with Gasteiger partial charge in [-0.15, -0.1) is 0 Å². The molecule has 2 aromatic carbocycles. The van der Waals surface area contributed by atoms with Crippen LogP contribution in [0.15, 0.2) is 48.7 Å². The molecule has 0 unspecified atom stereocenters. The highest BCUT2D eigenvalue weighted by Crippen LogP contribution is 2.22. The largest absolute Gasteiger partial charge is 0.298 e. The lowest BCUT2D eigenvalue weighted by atomic mass is 10.2. The van der Waals surface area contributed by atoms with Crippen molar-refractivity contribution in [2.24, 2.45) is 0 Å². The Morgan fingerprint density at radius 1 is 1.17 bits per heavy atom. The van der Waals surface area contributed by atoms with Gasteiger partial charge in [-0.3, -0.25) is 4.79 Å². The van der Waals surface area contributed by atoms with Crippen LogP contribution < -0.4 is 0 Å². The minimum atomic E-state index is 0.524. The zero-order valence-corrected chi connectivity index (χ0v) is 10.1. The number of hydrogen-bond donors (Lipinski definition) is 0. The van der Waals surface area contributed by atoms with Gasteiger partial charge in [0, 0.05) is 16.0 Å².